The van der Waals surface area contributed by atoms with Crippen LogP contribution in [-0.2, 0) is 10.7 Å². The van der Waals surface area contributed by atoms with Gasteiger partial charge in [-0.25, -0.2) is 9.97 Å². The topological polar surface area (TPSA) is 70.7 Å². The lowest BCUT2D eigenvalue weighted by Crippen LogP contribution is -2.32. The molecule has 29 heavy (non-hydrogen) atoms. The Morgan fingerprint density at radius 2 is 1.90 bits per heavy atom. The molecule has 0 atom stereocenters. The molecule has 0 aliphatic carbocycles. The van der Waals surface area contributed by atoms with Gasteiger partial charge >= 0.3 is 5.92 Å². The van der Waals surface area contributed by atoms with Crippen molar-refractivity contribution in [1.82, 2.24) is 15.0 Å². The number of imidazole rings is 1. The summed E-state index contributed by atoms with van der Waals surface area (Å²) in [5, 5.41) is 2.61. The van der Waals surface area contributed by atoms with Crippen LogP contribution in [0.3, 0.4) is 0 Å². The Kier molecular flexibility index (Phi) is 4.76. The normalized spacial score (nSPS) is 11.6. The predicted octanol–water partition coefficient (Wildman–Crippen LogP) is 5.32. The Morgan fingerprint density at radius 3 is 2.66 bits per heavy atom. The highest BCUT2D eigenvalue weighted by molar-refractivity contribution is 6.33. The smallest absolute Gasteiger partial charge is 0.337 e. The van der Waals surface area contributed by atoms with Crippen LogP contribution in [0.1, 0.15) is 11.1 Å². The van der Waals surface area contributed by atoms with E-state index < -0.39 is 11.8 Å². The zero-order valence-electron chi connectivity index (χ0n) is 15.2. The Labute approximate surface area is 169 Å². The SMILES string of the molecule is Cc1cnc2nc(-c3cc(NC(=O)C(F)(F)c4ccccc4)ccc3Cl)[nH]c2c1. The van der Waals surface area contributed by atoms with Gasteiger partial charge in [0.15, 0.2) is 5.65 Å². The predicted molar refractivity (Wildman–Crippen MR) is 108 cm³/mol. The van der Waals surface area contributed by atoms with Crippen molar-refractivity contribution in [2.75, 3.05) is 5.32 Å². The number of benzene rings is 2. The fraction of sp³-hybridized carbons (Fsp3) is 0.0952. The van der Waals surface area contributed by atoms with E-state index in [1.165, 1.54) is 42.5 Å². The lowest BCUT2D eigenvalue weighted by Gasteiger charge is -2.16. The molecule has 1 amide bonds. The molecule has 0 unspecified atom stereocenters. The van der Waals surface area contributed by atoms with Crippen molar-refractivity contribution in [3.63, 3.8) is 0 Å². The summed E-state index contributed by atoms with van der Waals surface area (Å²) in [6.07, 6.45) is 1.69. The number of nitrogens with zero attached hydrogens (tertiary/aromatic N) is 2. The van der Waals surface area contributed by atoms with Crippen LogP contribution in [0.25, 0.3) is 22.6 Å². The van der Waals surface area contributed by atoms with Crippen LogP contribution in [0.2, 0.25) is 5.02 Å². The Balaban J connectivity index is 1.65. The van der Waals surface area contributed by atoms with Crippen molar-refractivity contribution in [1.29, 1.82) is 0 Å². The Bertz CT molecular complexity index is 1210. The number of rotatable bonds is 4. The lowest BCUT2D eigenvalue weighted by molar-refractivity contribution is -0.140. The van der Waals surface area contributed by atoms with Gasteiger partial charge in [-0.2, -0.15) is 8.78 Å². The molecule has 4 rings (SSSR count). The van der Waals surface area contributed by atoms with Crippen LogP contribution in [-0.4, -0.2) is 20.9 Å². The highest BCUT2D eigenvalue weighted by Crippen LogP contribution is 2.33. The molecule has 5 nitrogen and oxygen atoms in total. The number of H-pyrrole nitrogens is 1. The number of fused-ring (bicyclic) bond motifs is 1. The first kappa shape index (κ1) is 19.0. The summed E-state index contributed by atoms with van der Waals surface area (Å²) >= 11 is 6.27. The van der Waals surface area contributed by atoms with Gasteiger partial charge in [0.25, 0.3) is 5.91 Å². The molecule has 0 radical (unpaired) electrons. The molecule has 2 aromatic carbocycles. The van der Waals surface area contributed by atoms with E-state index in [1.54, 1.807) is 12.3 Å². The van der Waals surface area contributed by atoms with Gasteiger partial charge in [0.2, 0.25) is 0 Å². The molecular formula is C21H15ClF2N4O. The maximum absolute atomic E-state index is 14.5. The molecule has 0 fully saturated rings. The number of carbonyl (C=O) groups is 1. The minimum atomic E-state index is -3.68. The number of aromatic amines is 1. The zero-order valence-corrected chi connectivity index (χ0v) is 16.0. The van der Waals surface area contributed by atoms with Crippen molar-refractivity contribution >= 4 is 34.4 Å². The van der Waals surface area contributed by atoms with Gasteiger partial charge in [0.05, 0.1) is 10.5 Å². The third kappa shape index (κ3) is 3.69. The van der Waals surface area contributed by atoms with Gasteiger partial charge in [0.1, 0.15) is 5.82 Å². The number of nitrogens with one attached hydrogen (secondary N) is 2. The standard InChI is InChI=1S/C21H15ClF2N4O/c1-12-9-17-19(25-11-12)28-18(27-17)15-10-14(7-8-16(15)22)26-20(29)21(23,24)13-5-3-2-4-6-13/h2-11H,1H3,(H,26,29)(H,25,27,28). The maximum atomic E-state index is 14.5. The van der Waals surface area contributed by atoms with Gasteiger partial charge in [-0.3, -0.25) is 4.79 Å². The molecule has 0 aliphatic rings. The van der Waals surface area contributed by atoms with Gasteiger partial charge in [-0.15, -0.1) is 0 Å². The number of carbonyl (C=O) groups excluding carboxylic acids is 1. The van der Waals surface area contributed by atoms with Crippen molar-refractivity contribution in [2.24, 2.45) is 0 Å². The average Bonchev–Trinajstić information content (AvgIpc) is 3.13. The van der Waals surface area contributed by atoms with Gasteiger partial charge in [-0.05, 0) is 36.8 Å². The minimum Gasteiger partial charge on any atom is -0.337 e. The summed E-state index contributed by atoms with van der Waals surface area (Å²) < 4.78 is 28.9. The minimum absolute atomic E-state index is 0.176. The number of pyridine rings is 1. The number of hydrogen-bond acceptors (Lipinski definition) is 3. The van der Waals surface area contributed by atoms with Crippen molar-refractivity contribution in [3.05, 3.63) is 76.9 Å². The van der Waals surface area contributed by atoms with Gasteiger partial charge in [-0.1, -0.05) is 41.9 Å². The van der Waals surface area contributed by atoms with E-state index in [4.69, 9.17) is 11.6 Å². The van der Waals surface area contributed by atoms with E-state index in [0.29, 0.717) is 22.1 Å². The fourth-order valence-electron chi connectivity index (χ4n) is 2.90. The van der Waals surface area contributed by atoms with Crippen LogP contribution in [0.5, 0.6) is 0 Å². The zero-order chi connectivity index (χ0) is 20.6. The summed E-state index contributed by atoms with van der Waals surface area (Å²) in [4.78, 5) is 24.0. The molecule has 0 saturated heterocycles. The Morgan fingerprint density at radius 1 is 1.14 bits per heavy atom. The number of aryl methyl sites for hydroxylation is 1. The third-order valence-corrected chi connectivity index (χ3v) is 4.70. The van der Waals surface area contributed by atoms with E-state index in [-0.39, 0.29) is 11.3 Å². The summed E-state index contributed by atoms with van der Waals surface area (Å²) in [6.45, 7) is 1.91. The molecule has 0 saturated carbocycles. The Hall–Kier alpha value is -3.32. The second-order valence-corrected chi connectivity index (χ2v) is 6.97. The second-order valence-electron chi connectivity index (χ2n) is 6.56. The van der Waals surface area contributed by atoms with E-state index in [2.05, 4.69) is 20.3 Å². The molecule has 4 aromatic rings. The molecular weight excluding hydrogens is 398 g/mol. The number of halogens is 3. The largest absolute Gasteiger partial charge is 0.350 e. The summed E-state index contributed by atoms with van der Waals surface area (Å²) in [5.74, 6) is -4.69. The quantitative estimate of drug-likeness (QED) is 0.476. The molecule has 0 aliphatic heterocycles. The van der Waals surface area contributed by atoms with Crippen LogP contribution in [0.15, 0.2) is 60.8 Å². The van der Waals surface area contributed by atoms with Crippen molar-refractivity contribution in [2.45, 2.75) is 12.8 Å². The highest BCUT2D eigenvalue weighted by Gasteiger charge is 2.40. The van der Waals surface area contributed by atoms with Gasteiger partial charge in [0, 0.05) is 23.0 Å². The van der Waals surface area contributed by atoms with E-state index in [9.17, 15) is 13.6 Å². The van der Waals surface area contributed by atoms with Crippen LogP contribution in [0.4, 0.5) is 14.5 Å². The van der Waals surface area contributed by atoms with Crippen LogP contribution in [0, 0.1) is 6.92 Å². The number of alkyl halides is 2. The molecule has 2 aromatic heterocycles. The van der Waals surface area contributed by atoms with E-state index in [0.717, 1.165) is 11.1 Å². The number of hydrogen-bond donors (Lipinski definition) is 2. The molecule has 2 heterocycles. The maximum Gasteiger partial charge on any atom is 0.350 e. The first-order valence-electron chi connectivity index (χ1n) is 8.71. The molecule has 0 bridgehead atoms. The molecule has 2 N–H and O–H groups in total. The van der Waals surface area contributed by atoms with Crippen LogP contribution < -0.4 is 5.32 Å². The fourth-order valence-corrected chi connectivity index (χ4v) is 3.11. The highest BCUT2D eigenvalue weighted by atomic mass is 35.5. The van der Waals surface area contributed by atoms with Crippen molar-refractivity contribution < 1.29 is 13.6 Å². The lowest BCUT2D eigenvalue weighted by atomic mass is 10.1. The third-order valence-electron chi connectivity index (χ3n) is 4.38. The van der Waals surface area contributed by atoms with Gasteiger partial charge < -0.3 is 10.3 Å². The van der Waals surface area contributed by atoms with E-state index >= 15 is 0 Å². The molecule has 0 spiro atoms. The molecule has 8 heteroatoms. The average molecular weight is 413 g/mol. The number of aromatic nitrogens is 3. The second kappa shape index (κ2) is 7.25. The monoisotopic (exact) mass is 412 g/mol. The summed E-state index contributed by atoms with van der Waals surface area (Å²) in [6, 6.07) is 13.3. The molecule has 146 valence electrons. The number of amides is 1. The van der Waals surface area contributed by atoms with E-state index in [1.807, 2.05) is 13.0 Å². The number of anilines is 1. The first-order valence-corrected chi connectivity index (χ1v) is 9.09. The summed E-state index contributed by atoms with van der Waals surface area (Å²) in [7, 11) is 0. The van der Waals surface area contributed by atoms with Crippen molar-refractivity contribution in [3.8, 4) is 11.4 Å². The summed E-state index contributed by atoms with van der Waals surface area (Å²) in [5.41, 5.74) is 2.44. The first-order chi connectivity index (χ1) is 13.8. The van der Waals surface area contributed by atoms with Crippen LogP contribution >= 0.6 is 11.6 Å².